The van der Waals surface area contributed by atoms with Crippen molar-refractivity contribution in [1.82, 2.24) is 0 Å². The molecule has 0 spiro atoms. The normalized spacial score (nSPS) is 18.8. The van der Waals surface area contributed by atoms with Gasteiger partial charge in [0.2, 0.25) is 0 Å². The fourth-order valence-electron chi connectivity index (χ4n) is 5.43. The minimum atomic E-state index is -5.17. The number of rotatable bonds is 7. The summed E-state index contributed by atoms with van der Waals surface area (Å²) in [6.07, 6.45) is 5.89. The van der Waals surface area contributed by atoms with Crippen LogP contribution < -0.4 is 0 Å². The summed E-state index contributed by atoms with van der Waals surface area (Å²) in [5.41, 5.74) is -1.22. The summed E-state index contributed by atoms with van der Waals surface area (Å²) in [6.45, 7) is 2.22. The predicted molar refractivity (Wildman–Crippen MR) is 128 cm³/mol. The molecule has 0 atom stereocenters. The van der Waals surface area contributed by atoms with Gasteiger partial charge in [-0.1, -0.05) is 69.4 Å². The second kappa shape index (κ2) is 10.6. The third-order valence-electron chi connectivity index (χ3n) is 7.40. The molecule has 188 valence electrons. The number of hydrogen-bond donors (Lipinski definition) is 0. The maximum atomic E-state index is 15.3. The molecular weight excluding hydrogens is 462 g/mol. The van der Waals surface area contributed by atoms with Gasteiger partial charge in [-0.2, -0.15) is 13.2 Å². The maximum Gasteiger partial charge on any atom is 0.422 e. The van der Waals surface area contributed by atoms with Crippen LogP contribution in [-0.2, 0) is 6.18 Å². The van der Waals surface area contributed by atoms with Crippen LogP contribution in [0.2, 0.25) is 0 Å². The fourth-order valence-corrected chi connectivity index (χ4v) is 5.43. The molecule has 0 saturated heterocycles. The summed E-state index contributed by atoms with van der Waals surface area (Å²) in [5, 5.41) is 0.940. The highest BCUT2D eigenvalue weighted by Gasteiger charge is 2.38. The Hall–Kier alpha value is -2.50. The molecule has 6 heteroatoms. The highest BCUT2D eigenvalue weighted by atomic mass is 19.4. The molecule has 3 aromatic carbocycles. The SMILES string of the molecule is CCCCCC[C@H]1CC[C@H](c2ccc3c(F)c(-c4cc(F)c(C(F)(F)F)c(F)c4)ccc3c2)CC1. The van der Waals surface area contributed by atoms with E-state index in [2.05, 4.69) is 6.92 Å². The molecule has 0 bridgehead atoms. The van der Waals surface area contributed by atoms with Crippen molar-refractivity contribution in [3.05, 3.63) is 71.0 Å². The summed E-state index contributed by atoms with van der Waals surface area (Å²) >= 11 is 0. The molecule has 1 aliphatic rings. The van der Waals surface area contributed by atoms with E-state index in [0.29, 0.717) is 23.4 Å². The van der Waals surface area contributed by atoms with E-state index >= 15 is 4.39 Å². The Bertz CT molecular complexity index is 1150. The van der Waals surface area contributed by atoms with E-state index in [1.54, 1.807) is 12.1 Å². The van der Waals surface area contributed by atoms with Crippen LogP contribution in [0.1, 0.15) is 81.8 Å². The van der Waals surface area contributed by atoms with Crippen LogP contribution >= 0.6 is 0 Å². The summed E-state index contributed by atoms with van der Waals surface area (Å²) in [6, 6.07) is 9.62. The van der Waals surface area contributed by atoms with Crippen molar-refractivity contribution in [3.8, 4) is 11.1 Å². The molecule has 35 heavy (non-hydrogen) atoms. The second-order valence-electron chi connectivity index (χ2n) is 9.79. The largest absolute Gasteiger partial charge is 0.422 e. The van der Waals surface area contributed by atoms with Crippen molar-refractivity contribution in [1.29, 1.82) is 0 Å². The van der Waals surface area contributed by atoms with Crippen molar-refractivity contribution in [2.75, 3.05) is 0 Å². The summed E-state index contributed by atoms with van der Waals surface area (Å²) in [5.74, 6) is -3.02. The van der Waals surface area contributed by atoms with Crippen LogP contribution in [-0.4, -0.2) is 0 Å². The topological polar surface area (TPSA) is 0 Å². The summed E-state index contributed by atoms with van der Waals surface area (Å²) < 4.78 is 82.0. The minimum Gasteiger partial charge on any atom is -0.206 e. The number of benzene rings is 3. The standard InChI is InChI=1S/C29H30F6/c1-2-3-4-5-6-18-7-9-19(10-8-18)20-11-13-23-21(15-20)12-14-24(28(23)32)22-16-25(30)27(26(31)17-22)29(33,34)35/h11-19H,2-10H2,1H3/t18-,19-. The lowest BCUT2D eigenvalue weighted by Crippen LogP contribution is -2.13. The molecule has 3 aromatic rings. The van der Waals surface area contributed by atoms with Crippen molar-refractivity contribution < 1.29 is 26.3 Å². The van der Waals surface area contributed by atoms with Gasteiger partial charge in [-0.15, -0.1) is 0 Å². The number of hydrogen-bond acceptors (Lipinski definition) is 0. The van der Waals surface area contributed by atoms with Crippen molar-refractivity contribution >= 4 is 10.8 Å². The Morgan fingerprint density at radius 1 is 0.800 bits per heavy atom. The quantitative estimate of drug-likeness (QED) is 0.227. The zero-order chi connectivity index (χ0) is 25.2. The molecule has 0 aromatic heterocycles. The molecule has 0 N–H and O–H groups in total. The summed E-state index contributed by atoms with van der Waals surface area (Å²) in [7, 11) is 0. The lowest BCUT2D eigenvalue weighted by Gasteiger charge is -2.29. The van der Waals surface area contributed by atoms with Gasteiger partial charge in [0.1, 0.15) is 23.0 Å². The molecule has 1 aliphatic carbocycles. The van der Waals surface area contributed by atoms with Gasteiger partial charge in [0.05, 0.1) is 0 Å². The van der Waals surface area contributed by atoms with Gasteiger partial charge in [0.15, 0.2) is 0 Å². The first-order valence-electron chi connectivity index (χ1n) is 12.5. The smallest absolute Gasteiger partial charge is 0.206 e. The number of alkyl halides is 3. The van der Waals surface area contributed by atoms with Gasteiger partial charge in [0.25, 0.3) is 0 Å². The minimum absolute atomic E-state index is 0.139. The zero-order valence-corrected chi connectivity index (χ0v) is 19.8. The van der Waals surface area contributed by atoms with Crippen LogP contribution in [0.25, 0.3) is 21.9 Å². The summed E-state index contributed by atoms with van der Waals surface area (Å²) in [4.78, 5) is 0. The molecule has 1 fully saturated rings. The Morgan fingerprint density at radius 3 is 2.11 bits per heavy atom. The Morgan fingerprint density at radius 2 is 1.49 bits per heavy atom. The first-order chi connectivity index (χ1) is 16.7. The zero-order valence-electron chi connectivity index (χ0n) is 19.8. The van der Waals surface area contributed by atoms with E-state index in [9.17, 15) is 22.0 Å². The van der Waals surface area contributed by atoms with Gasteiger partial charge in [-0.25, -0.2) is 13.2 Å². The number of fused-ring (bicyclic) bond motifs is 1. The van der Waals surface area contributed by atoms with Gasteiger partial charge < -0.3 is 0 Å². The Balaban J connectivity index is 1.52. The second-order valence-corrected chi connectivity index (χ2v) is 9.79. The Labute approximate surface area is 202 Å². The monoisotopic (exact) mass is 492 g/mol. The average Bonchev–Trinajstić information content (AvgIpc) is 2.81. The van der Waals surface area contributed by atoms with E-state index in [-0.39, 0.29) is 16.5 Å². The van der Waals surface area contributed by atoms with Gasteiger partial charge >= 0.3 is 6.18 Å². The average molecular weight is 493 g/mol. The maximum absolute atomic E-state index is 15.3. The molecule has 0 amide bonds. The van der Waals surface area contributed by atoms with Gasteiger partial charge in [-0.05, 0) is 66.2 Å². The molecule has 4 rings (SSSR count). The van der Waals surface area contributed by atoms with Crippen LogP contribution in [0.15, 0.2) is 42.5 Å². The van der Waals surface area contributed by atoms with E-state index in [4.69, 9.17) is 0 Å². The molecule has 0 aliphatic heterocycles. The van der Waals surface area contributed by atoms with Crippen LogP contribution in [0, 0.1) is 23.4 Å². The third kappa shape index (κ3) is 5.68. The van der Waals surface area contributed by atoms with E-state index in [1.165, 1.54) is 51.0 Å². The van der Waals surface area contributed by atoms with Gasteiger partial charge in [0, 0.05) is 10.9 Å². The number of halogens is 6. The van der Waals surface area contributed by atoms with Crippen molar-refractivity contribution in [2.24, 2.45) is 5.92 Å². The molecule has 1 saturated carbocycles. The third-order valence-corrected chi connectivity index (χ3v) is 7.40. The number of unbranched alkanes of at least 4 members (excludes halogenated alkanes) is 3. The van der Waals surface area contributed by atoms with Crippen LogP contribution in [0.4, 0.5) is 26.3 Å². The van der Waals surface area contributed by atoms with Crippen molar-refractivity contribution in [3.63, 3.8) is 0 Å². The highest BCUT2D eigenvalue weighted by Crippen LogP contribution is 2.40. The highest BCUT2D eigenvalue weighted by molar-refractivity contribution is 5.89. The fraction of sp³-hybridized carbons (Fsp3) is 0.448. The van der Waals surface area contributed by atoms with E-state index in [0.717, 1.165) is 24.3 Å². The molecular formula is C29H30F6. The molecule has 0 nitrogen and oxygen atoms in total. The van der Waals surface area contributed by atoms with Crippen molar-refractivity contribution in [2.45, 2.75) is 76.8 Å². The van der Waals surface area contributed by atoms with Gasteiger partial charge in [-0.3, -0.25) is 0 Å². The molecule has 0 heterocycles. The predicted octanol–water partition coefficient (Wildman–Crippen LogP) is 10.2. The van der Waals surface area contributed by atoms with Crippen LogP contribution in [0.5, 0.6) is 0 Å². The molecule has 0 unspecified atom stereocenters. The lowest BCUT2D eigenvalue weighted by atomic mass is 9.76. The lowest BCUT2D eigenvalue weighted by molar-refractivity contribution is -0.142. The Kier molecular flexibility index (Phi) is 7.77. The van der Waals surface area contributed by atoms with Crippen LogP contribution in [0.3, 0.4) is 0 Å². The first-order valence-corrected chi connectivity index (χ1v) is 12.5. The van der Waals surface area contributed by atoms with E-state index < -0.39 is 29.2 Å². The van der Waals surface area contributed by atoms with E-state index in [1.807, 2.05) is 12.1 Å². The first kappa shape index (κ1) is 25.6. The molecule has 0 radical (unpaired) electrons.